The Morgan fingerprint density at radius 2 is 1.89 bits per heavy atom. The highest BCUT2D eigenvalue weighted by Crippen LogP contribution is 2.30. The van der Waals surface area contributed by atoms with Crippen LogP contribution in [0.25, 0.3) is 11.1 Å². The second-order valence-corrected chi connectivity index (χ2v) is 4.97. The highest BCUT2D eigenvalue weighted by molar-refractivity contribution is 6.35. The molecule has 0 amide bonds. The van der Waals surface area contributed by atoms with Crippen LogP contribution in [0, 0.1) is 0 Å². The minimum absolute atomic E-state index is 0.631. The molecular weight excluding hydrogens is 269 g/mol. The zero-order valence-electron chi connectivity index (χ0n) is 10.2. The topological polar surface area (TPSA) is 25.2 Å². The Labute approximate surface area is 117 Å². The maximum atomic E-state index is 6.02. The zero-order valence-corrected chi connectivity index (χ0v) is 11.7. The minimum atomic E-state index is 0.631. The summed E-state index contributed by atoms with van der Waals surface area (Å²) >= 11 is 12.0. The van der Waals surface area contributed by atoms with Crippen molar-refractivity contribution in [3.05, 3.63) is 46.3 Å². The molecule has 0 atom stereocenters. The van der Waals surface area contributed by atoms with E-state index < -0.39 is 0 Å². The largest absolute Gasteiger partial charge is 0.467 e. The van der Waals surface area contributed by atoms with Crippen LogP contribution in [0.15, 0.2) is 34.9 Å². The molecule has 0 aliphatic carbocycles. The number of halogens is 2. The molecule has 0 spiro atoms. The molecule has 0 radical (unpaired) electrons. The summed E-state index contributed by atoms with van der Waals surface area (Å²) in [5.74, 6) is 0.904. The lowest BCUT2D eigenvalue weighted by Gasteiger charge is -2.05. The normalized spacial score (nSPS) is 10.8. The number of nitrogens with one attached hydrogen (secondary N) is 1. The maximum absolute atomic E-state index is 6.02. The van der Waals surface area contributed by atoms with Crippen molar-refractivity contribution in [2.24, 2.45) is 0 Å². The number of rotatable bonds is 5. The van der Waals surface area contributed by atoms with Gasteiger partial charge in [0.2, 0.25) is 0 Å². The lowest BCUT2D eigenvalue weighted by Crippen LogP contribution is -2.13. The third kappa shape index (κ3) is 3.29. The van der Waals surface area contributed by atoms with E-state index in [2.05, 4.69) is 12.2 Å². The van der Waals surface area contributed by atoms with Gasteiger partial charge in [-0.3, -0.25) is 0 Å². The van der Waals surface area contributed by atoms with Crippen molar-refractivity contribution in [1.29, 1.82) is 0 Å². The van der Waals surface area contributed by atoms with Crippen molar-refractivity contribution in [3.63, 3.8) is 0 Å². The number of benzene rings is 1. The first-order valence-electron chi connectivity index (χ1n) is 5.94. The third-order valence-corrected chi connectivity index (χ3v) is 3.07. The van der Waals surface area contributed by atoms with E-state index in [0.29, 0.717) is 16.6 Å². The van der Waals surface area contributed by atoms with Crippen LogP contribution in [0.3, 0.4) is 0 Å². The van der Waals surface area contributed by atoms with E-state index in [4.69, 9.17) is 27.6 Å². The smallest absolute Gasteiger partial charge is 0.125 e. The fourth-order valence-electron chi connectivity index (χ4n) is 1.82. The lowest BCUT2D eigenvalue weighted by molar-refractivity contribution is 0.484. The Balaban J connectivity index is 2.24. The molecule has 1 aromatic heterocycles. The summed E-state index contributed by atoms with van der Waals surface area (Å²) in [7, 11) is 0. The van der Waals surface area contributed by atoms with Crippen LogP contribution < -0.4 is 5.32 Å². The van der Waals surface area contributed by atoms with Gasteiger partial charge in [0, 0.05) is 15.6 Å². The van der Waals surface area contributed by atoms with Gasteiger partial charge in [-0.25, -0.2) is 0 Å². The molecule has 2 nitrogen and oxygen atoms in total. The summed E-state index contributed by atoms with van der Waals surface area (Å²) in [4.78, 5) is 0. The number of hydrogen-bond acceptors (Lipinski definition) is 2. The van der Waals surface area contributed by atoms with Crippen LogP contribution in [-0.2, 0) is 6.54 Å². The van der Waals surface area contributed by atoms with Crippen LogP contribution in [0.2, 0.25) is 10.0 Å². The zero-order chi connectivity index (χ0) is 13.0. The summed E-state index contributed by atoms with van der Waals surface area (Å²) < 4.78 is 5.50. The highest BCUT2D eigenvalue weighted by atomic mass is 35.5. The Morgan fingerprint density at radius 3 is 2.56 bits per heavy atom. The standard InChI is InChI=1S/C14H15Cl2NO/c1-2-4-17-9-14-13(3-5-18-14)10-6-11(15)8-12(16)7-10/h3,5-8,17H,2,4,9H2,1H3. The molecule has 2 rings (SSSR count). The van der Waals surface area contributed by atoms with Crippen molar-refractivity contribution in [2.45, 2.75) is 19.9 Å². The second-order valence-electron chi connectivity index (χ2n) is 4.09. The van der Waals surface area contributed by atoms with E-state index in [1.54, 1.807) is 12.3 Å². The summed E-state index contributed by atoms with van der Waals surface area (Å²) in [5.41, 5.74) is 2.01. The van der Waals surface area contributed by atoms with Gasteiger partial charge >= 0.3 is 0 Å². The van der Waals surface area contributed by atoms with E-state index in [9.17, 15) is 0 Å². The van der Waals surface area contributed by atoms with Crippen molar-refractivity contribution in [2.75, 3.05) is 6.54 Å². The second kappa shape index (κ2) is 6.28. The third-order valence-electron chi connectivity index (χ3n) is 2.63. The van der Waals surface area contributed by atoms with Gasteiger partial charge in [0.15, 0.2) is 0 Å². The lowest BCUT2D eigenvalue weighted by atomic mass is 10.1. The van der Waals surface area contributed by atoms with E-state index in [-0.39, 0.29) is 0 Å². The quantitative estimate of drug-likeness (QED) is 0.801. The van der Waals surface area contributed by atoms with Gasteiger partial charge in [0.1, 0.15) is 5.76 Å². The molecule has 0 aliphatic rings. The van der Waals surface area contributed by atoms with Gasteiger partial charge in [0.05, 0.1) is 12.8 Å². The van der Waals surface area contributed by atoms with E-state index in [1.807, 2.05) is 18.2 Å². The van der Waals surface area contributed by atoms with Crippen LogP contribution in [0.1, 0.15) is 19.1 Å². The summed E-state index contributed by atoms with van der Waals surface area (Å²) in [6, 6.07) is 7.44. The van der Waals surface area contributed by atoms with Crippen molar-refractivity contribution >= 4 is 23.2 Å². The first-order chi connectivity index (χ1) is 8.70. The molecule has 0 saturated heterocycles. The average Bonchev–Trinajstić information content (AvgIpc) is 2.76. The molecular formula is C14H15Cl2NO. The molecule has 0 bridgehead atoms. The number of hydrogen-bond donors (Lipinski definition) is 1. The Hall–Kier alpha value is -0.960. The fraction of sp³-hybridized carbons (Fsp3) is 0.286. The van der Waals surface area contributed by atoms with Crippen molar-refractivity contribution in [3.8, 4) is 11.1 Å². The molecule has 0 unspecified atom stereocenters. The predicted octanol–water partition coefficient (Wildman–Crippen LogP) is 4.75. The molecule has 18 heavy (non-hydrogen) atoms. The van der Waals surface area contributed by atoms with Gasteiger partial charge in [-0.1, -0.05) is 30.1 Å². The Bertz CT molecular complexity index is 502. The fourth-order valence-corrected chi connectivity index (χ4v) is 2.35. The molecule has 96 valence electrons. The monoisotopic (exact) mass is 283 g/mol. The maximum Gasteiger partial charge on any atom is 0.125 e. The first kappa shape index (κ1) is 13.5. The van der Waals surface area contributed by atoms with Gasteiger partial charge < -0.3 is 9.73 Å². The Morgan fingerprint density at radius 1 is 1.17 bits per heavy atom. The molecule has 1 N–H and O–H groups in total. The van der Waals surface area contributed by atoms with Gasteiger partial charge in [0.25, 0.3) is 0 Å². The molecule has 0 fully saturated rings. The van der Waals surface area contributed by atoms with Crippen LogP contribution in [0.4, 0.5) is 0 Å². The van der Waals surface area contributed by atoms with Crippen molar-refractivity contribution < 1.29 is 4.42 Å². The van der Waals surface area contributed by atoms with Crippen LogP contribution in [-0.4, -0.2) is 6.54 Å². The van der Waals surface area contributed by atoms with Gasteiger partial charge in [-0.2, -0.15) is 0 Å². The van der Waals surface area contributed by atoms with Gasteiger partial charge in [-0.05, 0) is 42.8 Å². The summed E-state index contributed by atoms with van der Waals surface area (Å²) in [5, 5.41) is 4.58. The predicted molar refractivity (Wildman–Crippen MR) is 76.2 cm³/mol. The van der Waals surface area contributed by atoms with Crippen LogP contribution >= 0.6 is 23.2 Å². The molecule has 1 heterocycles. The SMILES string of the molecule is CCCNCc1occc1-c1cc(Cl)cc(Cl)c1. The molecule has 0 aliphatic heterocycles. The van der Waals surface area contributed by atoms with Crippen molar-refractivity contribution in [1.82, 2.24) is 5.32 Å². The van der Waals surface area contributed by atoms with E-state index >= 15 is 0 Å². The van der Waals surface area contributed by atoms with Crippen LogP contribution in [0.5, 0.6) is 0 Å². The Kier molecular flexibility index (Phi) is 4.70. The molecule has 0 saturated carbocycles. The first-order valence-corrected chi connectivity index (χ1v) is 6.70. The average molecular weight is 284 g/mol. The minimum Gasteiger partial charge on any atom is -0.467 e. The van der Waals surface area contributed by atoms with Gasteiger partial charge in [-0.15, -0.1) is 0 Å². The molecule has 1 aromatic carbocycles. The molecule has 2 aromatic rings. The van der Waals surface area contributed by atoms with E-state index in [1.165, 1.54) is 0 Å². The number of furan rings is 1. The summed E-state index contributed by atoms with van der Waals surface area (Å²) in [6.07, 6.45) is 2.78. The molecule has 4 heteroatoms. The highest BCUT2D eigenvalue weighted by Gasteiger charge is 2.09. The van der Waals surface area contributed by atoms with E-state index in [0.717, 1.165) is 29.9 Å². The summed E-state index contributed by atoms with van der Waals surface area (Å²) in [6.45, 7) is 3.81.